The van der Waals surface area contributed by atoms with Gasteiger partial charge in [0.25, 0.3) is 0 Å². The molecule has 0 spiro atoms. The molecule has 0 saturated heterocycles. The van der Waals surface area contributed by atoms with Gasteiger partial charge in [0.1, 0.15) is 12.2 Å². The number of aliphatic carboxylic acids is 2. The molecule has 143 heavy (non-hydrogen) atoms. The van der Waals surface area contributed by atoms with Crippen molar-refractivity contribution in [2.24, 2.45) is 4.99 Å². The van der Waals surface area contributed by atoms with E-state index in [0.717, 1.165) is 77.0 Å². The summed E-state index contributed by atoms with van der Waals surface area (Å²) in [4.78, 5) is 24.7. The molecule has 7 N–H and O–H groups in total. The van der Waals surface area contributed by atoms with Gasteiger partial charge in [-0.15, -0.1) is 12.4 Å². The number of carboxylic acids is 2. The molecule has 0 fully saturated rings. The second kappa shape index (κ2) is 55.3. The molecule has 0 aliphatic heterocycles. The lowest BCUT2D eigenvalue weighted by Crippen LogP contribution is -2.29. The summed E-state index contributed by atoms with van der Waals surface area (Å²) in [5.74, 6) is -0.545. The topological polar surface area (TPSA) is 193 Å². The molecule has 14 aromatic carbocycles. The number of carboxylic acid groups (broad SMARTS) is 2. The van der Waals surface area contributed by atoms with Crippen LogP contribution in [-0.4, -0.2) is 70.1 Å². The minimum absolute atomic E-state index is 0. The van der Waals surface area contributed by atoms with E-state index >= 15 is 0 Å². The second-order valence-electron chi connectivity index (χ2n) is 35.7. The van der Waals surface area contributed by atoms with Gasteiger partial charge in [-0.05, 0) is 296 Å². The first-order valence-corrected chi connectivity index (χ1v) is 52.1. The predicted molar refractivity (Wildman–Crippen MR) is 595 cm³/mol. The van der Waals surface area contributed by atoms with Gasteiger partial charge in [0.05, 0.1) is 72.2 Å². The summed E-state index contributed by atoms with van der Waals surface area (Å²) < 4.78 is 0. The summed E-state index contributed by atoms with van der Waals surface area (Å²) in [6.07, 6.45) is 10.3. The third kappa shape index (κ3) is 29.0. The first-order valence-electron chi connectivity index (χ1n) is 47.6. The van der Waals surface area contributed by atoms with Crippen LogP contribution in [0.25, 0.3) is 0 Å². The summed E-state index contributed by atoms with van der Waals surface area (Å²) in [6, 6.07) is 106. The Kier molecular flexibility index (Phi) is 43.6. The third-order valence-electron chi connectivity index (χ3n) is 27.5. The highest BCUT2D eigenvalue weighted by atomic mass is 35.5. The molecular weight excluding hydrogens is 2060 g/mol. The number of fused-ring (bicyclic) bond motifs is 6. The normalized spacial score (nSPS) is 19.8. The number of nitrogens with one attached hydrogen (secondary N) is 5. The molecule has 0 bridgehead atoms. The molecule has 746 valence electrons. The fourth-order valence-corrected chi connectivity index (χ4v) is 22.2. The zero-order valence-corrected chi connectivity index (χ0v) is 89.8. The summed E-state index contributed by atoms with van der Waals surface area (Å²) >= 11 is 73.2. The SMILES string of the molecule is CN=C1CCC(c2ccc(Cl)c(Cl)c2)c2ccccc21.CN[C@H]1CCC(c2ccc(Cl)c(Cl)c2)c2ccccc21.CN[C@H]1CCC(c2ccc(Cl)c(Cl)c2)c2ccccc21.CN[C@H]1CCC(c2ccc(Cl)c(Cl)c2)c2ccccc21.CN[C@H]1CC[C@H](c2ccc(Cl)c(Cl)c2)c2ccccc21.CN[C@H]1CC[C@H](c2ccc(Cl)c(Cl)c2)c2ccccc21.Cl.O=C([O-])C(O)c1ccccc1.O=C([O-])C(O)c1ccccc1. The molecule has 0 heterocycles. The molecule has 25 heteroatoms. The van der Waals surface area contributed by atoms with Crippen LogP contribution >= 0.6 is 152 Å². The first kappa shape index (κ1) is 113. The van der Waals surface area contributed by atoms with Crippen LogP contribution in [0.5, 0.6) is 0 Å². The second-order valence-corrected chi connectivity index (χ2v) is 40.5. The molecule has 0 radical (unpaired) electrons. The van der Waals surface area contributed by atoms with Crippen molar-refractivity contribution in [2.75, 3.05) is 42.3 Å². The number of aliphatic imine (C=N–C) groups is 1. The Morgan fingerprint density at radius 3 is 0.643 bits per heavy atom. The Bertz CT molecular complexity index is 5920. The maximum atomic E-state index is 10.1. The highest BCUT2D eigenvalue weighted by molar-refractivity contribution is 6.44. The molecule has 6 aliphatic rings. The summed E-state index contributed by atoms with van der Waals surface area (Å²) in [5, 5.41) is 62.7. The number of aliphatic hydroxyl groups excluding tert-OH is 2. The summed E-state index contributed by atoms with van der Waals surface area (Å²) in [6.45, 7) is 0. The van der Waals surface area contributed by atoms with E-state index in [0.29, 0.717) is 137 Å². The van der Waals surface area contributed by atoms with Gasteiger partial charge < -0.3 is 56.6 Å². The smallest absolute Gasteiger partial charge is 0.118 e. The maximum absolute atomic E-state index is 10.1. The number of carbonyl (C=O) groups is 2. The van der Waals surface area contributed by atoms with Crippen molar-refractivity contribution in [3.8, 4) is 0 Å². The minimum atomic E-state index is -1.52. The van der Waals surface area contributed by atoms with Crippen molar-refractivity contribution in [1.82, 2.24) is 26.6 Å². The molecule has 13 atom stereocenters. The standard InChI is InChI=1S/5C17H17Cl2N.C17H15Cl2N.2C8H8O3.ClH/c6*1-20-17-9-7-12(13-4-2-3-5-14(13)17)11-6-8-15(18)16(19)10-11;2*9-7(8(10)11)6-4-2-1-3-5-6;/h5*2-6,8,10,12,17,20H,7,9H2,1H3;2-6,8,10,12H,7,9H2,1H3;2*1-5,7,9H,(H,10,11);1H/p-2/t3*12?,17-;2*12-,17+;;;;/m00011..../s1. The lowest BCUT2D eigenvalue weighted by Gasteiger charge is -2.32. The van der Waals surface area contributed by atoms with Crippen LogP contribution in [-0.2, 0) is 9.59 Å². The van der Waals surface area contributed by atoms with Gasteiger partial charge in [-0.2, -0.15) is 0 Å². The number of carbonyl (C=O) groups excluding carboxylic acids is 2. The van der Waals surface area contributed by atoms with Gasteiger partial charge in [0.15, 0.2) is 0 Å². The van der Waals surface area contributed by atoms with Crippen molar-refractivity contribution in [1.29, 1.82) is 0 Å². The Balaban J connectivity index is 0.000000147. The monoisotopic (exact) mass is 2170 g/mol. The first-order chi connectivity index (χ1) is 68.6. The number of halogens is 13. The van der Waals surface area contributed by atoms with E-state index in [9.17, 15) is 19.8 Å². The zero-order chi connectivity index (χ0) is 101. The fourth-order valence-electron chi connectivity index (χ4n) is 20.3. The van der Waals surface area contributed by atoms with Crippen LogP contribution in [0.15, 0.2) is 320 Å². The zero-order valence-electron chi connectivity index (χ0n) is 79.9. The molecule has 6 aliphatic carbocycles. The highest BCUT2D eigenvalue weighted by Crippen LogP contribution is 2.49. The van der Waals surface area contributed by atoms with Gasteiger partial charge >= 0.3 is 0 Å². The number of hydrogen-bond donors (Lipinski definition) is 7. The molecule has 6 unspecified atom stereocenters. The Morgan fingerprint density at radius 1 is 0.259 bits per heavy atom. The van der Waals surface area contributed by atoms with Crippen molar-refractivity contribution < 1.29 is 30.0 Å². The van der Waals surface area contributed by atoms with Gasteiger partial charge in [0.2, 0.25) is 0 Å². The largest absolute Gasteiger partial charge is 0.547 e. The molecule has 20 rings (SSSR count). The van der Waals surface area contributed by atoms with Crippen LogP contribution in [0, 0.1) is 0 Å². The van der Waals surface area contributed by atoms with E-state index in [2.05, 4.69) is 214 Å². The molecule has 0 saturated carbocycles. The highest BCUT2D eigenvalue weighted by Gasteiger charge is 2.34. The Labute approximate surface area is 907 Å². The number of nitrogens with zero attached hydrogens (tertiary/aromatic N) is 1. The van der Waals surface area contributed by atoms with E-state index < -0.39 is 24.1 Å². The average Bonchev–Trinajstić information content (AvgIpc) is 0.806. The number of aliphatic hydroxyl groups is 2. The van der Waals surface area contributed by atoms with E-state index in [1.54, 1.807) is 36.4 Å². The number of rotatable bonds is 15. The Morgan fingerprint density at radius 2 is 0.448 bits per heavy atom. The number of benzene rings is 14. The minimum Gasteiger partial charge on any atom is -0.547 e. The van der Waals surface area contributed by atoms with Crippen LogP contribution in [0.3, 0.4) is 0 Å². The quantitative estimate of drug-likeness (QED) is 0.0516. The van der Waals surface area contributed by atoms with E-state index in [1.165, 1.54) is 130 Å². The van der Waals surface area contributed by atoms with Crippen molar-refractivity contribution in [3.63, 3.8) is 0 Å². The van der Waals surface area contributed by atoms with Crippen molar-refractivity contribution >= 4 is 169 Å². The van der Waals surface area contributed by atoms with E-state index in [1.807, 2.05) is 115 Å². The van der Waals surface area contributed by atoms with Gasteiger partial charge in [0, 0.05) is 78.5 Å². The predicted octanol–water partition coefficient (Wildman–Crippen LogP) is 30.6. The molecule has 0 aromatic heterocycles. The van der Waals surface area contributed by atoms with E-state index in [4.69, 9.17) is 149 Å². The maximum Gasteiger partial charge on any atom is 0.118 e. The third-order valence-corrected chi connectivity index (χ3v) is 32.0. The van der Waals surface area contributed by atoms with Crippen molar-refractivity contribution in [2.45, 2.75) is 155 Å². The van der Waals surface area contributed by atoms with Gasteiger partial charge in [-0.1, -0.05) is 382 Å². The fraction of sp³-hybridized carbons (Fsp3) is 0.263. The van der Waals surface area contributed by atoms with Gasteiger partial charge in [-0.25, -0.2) is 0 Å². The number of hydrogen-bond acceptors (Lipinski definition) is 12. The van der Waals surface area contributed by atoms with Crippen LogP contribution in [0.1, 0.15) is 266 Å². The lowest BCUT2D eigenvalue weighted by molar-refractivity contribution is -0.316. The molecule has 0 amide bonds. The summed E-state index contributed by atoms with van der Waals surface area (Å²) in [5.41, 5.74) is 25.9. The Hall–Kier alpha value is -8.82. The van der Waals surface area contributed by atoms with Crippen LogP contribution in [0.2, 0.25) is 60.3 Å². The molecular formula is C118H115Cl13N6O6-2. The summed E-state index contributed by atoms with van der Waals surface area (Å²) in [7, 11) is 12.0. The average molecular weight is 2170 g/mol. The van der Waals surface area contributed by atoms with Crippen molar-refractivity contribution in [3.05, 3.63) is 487 Å². The molecule has 14 aromatic rings. The molecule has 12 nitrogen and oxygen atoms in total. The van der Waals surface area contributed by atoms with Crippen LogP contribution < -0.4 is 36.8 Å². The van der Waals surface area contributed by atoms with E-state index in [-0.39, 0.29) is 12.4 Å². The van der Waals surface area contributed by atoms with Crippen LogP contribution in [0.4, 0.5) is 0 Å². The van der Waals surface area contributed by atoms with Gasteiger partial charge in [-0.3, -0.25) is 4.99 Å². The lowest BCUT2D eigenvalue weighted by atomic mass is 9.77.